The zero-order valence-corrected chi connectivity index (χ0v) is 17.5. The van der Waals surface area contributed by atoms with Crippen molar-refractivity contribution in [2.45, 2.75) is 69.9 Å². The molecule has 0 spiro atoms. The van der Waals surface area contributed by atoms with Gasteiger partial charge in [0.2, 0.25) is 0 Å². The average molecular weight is 398 g/mol. The molecule has 0 aliphatic carbocycles. The summed E-state index contributed by atoms with van der Waals surface area (Å²) in [7, 11) is -2.48. The van der Waals surface area contributed by atoms with E-state index in [4.69, 9.17) is 10.5 Å². The highest BCUT2D eigenvalue weighted by Crippen LogP contribution is 2.44. The van der Waals surface area contributed by atoms with E-state index >= 15 is 0 Å². The van der Waals surface area contributed by atoms with Gasteiger partial charge in [0.05, 0.1) is 6.61 Å². The molecule has 1 unspecified atom stereocenters. The van der Waals surface area contributed by atoms with Gasteiger partial charge in [-0.25, -0.2) is 4.79 Å². The van der Waals surface area contributed by atoms with Crippen LogP contribution < -0.4 is 11.2 Å². The minimum absolute atomic E-state index is 0.226. The first-order valence-corrected chi connectivity index (χ1v) is 11.6. The third-order valence-electron chi connectivity index (χ3n) is 5.50. The molecule has 0 amide bonds. The molecule has 0 saturated carbocycles. The Morgan fingerprint density at radius 2 is 2.15 bits per heavy atom. The lowest BCUT2D eigenvalue weighted by molar-refractivity contribution is -0.0624. The minimum atomic E-state index is -2.48. The van der Waals surface area contributed by atoms with E-state index < -0.39 is 50.2 Å². The summed E-state index contributed by atoms with van der Waals surface area (Å²) in [6, 6.07) is 0. The van der Waals surface area contributed by atoms with Crippen molar-refractivity contribution in [2.24, 2.45) is 0 Å². The number of hydrogen-bond acceptors (Lipinski definition) is 6. The van der Waals surface area contributed by atoms with Crippen LogP contribution in [0.15, 0.2) is 15.8 Å². The number of aliphatic hydroxyl groups is 2. The highest BCUT2D eigenvalue weighted by Gasteiger charge is 2.59. The minimum Gasteiger partial charge on any atom is -0.405 e. The van der Waals surface area contributed by atoms with Crippen molar-refractivity contribution in [2.75, 3.05) is 6.61 Å². The van der Waals surface area contributed by atoms with Crippen molar-refractivity contribution in [3.05, 3.63) is 32.6 Å². The number of terminal acetylenes is 1. The molecule has 1 aromatic heterocycles. The molecule has 2 heterocycles. The van der Waals surface area contributed by atoms with Gasteiger partial charge in [-0.1, -0.05) is 26.7 Å². The summed E-state index contributed by atoms with van der Waals surface area (Å²) in [5.74, 6) is 2.39. The van der Waals surface area contributed by atoms with Crippen molar-refractivity contribution >= 4 is 8.32 Å². The molecule has 0 bridgehead atoms. The monoisotopic (exact) mass is 397 g/mol. The molecule has 8 nitrogen and oxygen atoms in total. The fourth-order valence-corrected chi connectivity index (χ4v) is 3.99. The van der Waals surface area contributed by atoms with Crippen LogP contribution >= 0.6 is 0 Å². The Balaban J connectivity index is 2.66. The summed E-state index contributed by atoms with van der Waals surface area (Å²) in [5, 5.41) is 20.7. The molecule has 0 radical (unpaired) electrons. The maximum atomic E-state index is 12.4. The first-order valence-electron chi connectivity index (χ1n) is 9.21. The summed E-state index contributed by atoms with van der Waals surface area (Å²) in [4.78, 5) is 26.3. The van der Waals surface area contributed by atoms with Crippen LogP contribution in [0.2, 0.25) is 18.1 Å². The van der Waals surface area contributed by atoms with E-state index in [2.05, 4.69) is 10.9 Å². The lowest BCUT2D eigenvalue weighted by Crippen LogP contribution is -2.55. The maximum absolute atomic E-state index is 12.4. The first-order chi connectivity index (χ1) is 12.8. The summed E-state index contributed by atoms with van der Waals surface area (Å²) in [5.41, 5.74) is -2.98. The Kier molecular flexibility index (Phi) is 5.22. The van der Waals surface area contributed by atoms with Crippen molar-refractivity contribution in [1.29, 1.82) is 0 Å². The third-order valence-corrected chi connectivity index (χ3v) is 9.96. The molecule has 1 aliphatic heterocycles. The molecule has 2 rings (SSSR count). The molecule has 3 N–H and O–H groups in total. The number of hydrogen-bond donors (Lipinski definition) is 3. The first kappa shape index (κ1) is 20.0. The Labute approximate surface area is 160 Å². The van der Waals surface area contributed by atoms with E-state index in [1.165, 1.54) is 13.1 Å². The van der Waals surface area contributed by atoms with E-state index in [1.807, 2.05) is 40.3 Å². The average Bonchev–Trinajstić information content (AvgIpc) is 2.82. The van der Waals surface area contributed by atoms with Gasteiger partial charge in [-0.15, -0.1) is 6.40 Å². The lowest BCUT2D eigenvalue weighted by atomic mass is 9.93. The molecule has 1 aliphatic rings. The Morgan fingerprint density at radius 1 is 1.52 bits per heavy atom. The fraction of sp³-hybridized carbons (Fsp3) is 0.667. The van der Waals surface area contributed by atoms with Crippen LogP contribution in [-0.4, -0.2) is 52.5 Å². The normalized spacial score (nSPS) is 29.2. The van der Waals surface area contributed by atoms with Crippen LogP contribution in [0.4, 0.5) is 0 Å². The van der Waals surface area contributed by atoms with Crippen LogP contribution in [0.25, 0.3) is 0 Å². The summed E-state index contributed by atoms with van der Waals surface area (Å²) in [6.45, 7) is 10.9. The molecule has 1 saturated heterocycles. The third kappa shape index (κ3) is 3.68. The second kappa shape index (κ2) is 7.03. The van der Waals surface area contributed by atoms with E-state index in [1.54, 1.807) is 0 Å². The smallest absolute Gasteiger partial charge is 0.330 e. The zero-order valence-electron chi connectivity index (χ0n) is 17.5. The van der Waals surface area contributed by atoms with Gasteiger partial charge in [0.1, 0.15) is 13.6 Å². The number of nitrogens with one attached hydrogen (secondary N) is 1. The van der Waals surface area contributed by atoms with Crippen molar-refractivity contribution < 1.29 is 20.7 Å². The molecule has 27 heavy (non-hydrogen) atoms. The molecule has 1 aromatic rings. The molecule has 4 atom stereocenters. The quantitative estimate of drug-likeness (QED) is 0.503. The van der Waals surface area contributed by atoms with Gasteiger partial charge in [0.15, 0.2) is 20.1 Å². The number of aliphatic hydroxyl groups excluding tert-OH is 1. The number of aromatic amines is 1. The second-order valence-corrected chi connectivity index (χ2v) is 13.2. The lowest BCUT2D eigenvalue weighted by Gasteiger charge is -2.41. The van der Waals surface area contributed by atoms with Gasteiger partial charge >= 0.3 is 5.69 Å². The van der Waals surface area contributed by atoms with Crippen molar-refractivity contribution in [1.82, 2.24) is 9.55 Å². The molecular weight excluding hydrogens is 368 g/mol. The van der Waals surface area contributed by atoms with Gasteiger partial charge in [-0.2, -0.15) is 0 Å². The van der Waals surface area contributed by atoms with Crippen LogP contribution in [0.3, 0.4) is 0 Å². The van der Waals surface area contributed by atoms with Crippen molar-refractivity contribution in [3.8, 4) is 12.3 Å². The van der Waals surface area contributed by atoms with Crippen LogP contribution in [-0.2, 0) is 9.16 Å². The summed E-state index contributed by atoms with van der Waals surface area (Å²) in [6.07, 6.45) is -0.229. The van der Waals surface area contributed by atoms with Crippen LogP contribution in [0, 0.1) is 19.2 Å². The second-order valence-electron chi connectivity index (χ2n) is 8.43. The number of H-pyrrole nitrogens is 1. The SMILES string of the molecule is [2H]C#C[C@@]1(O)[C@@H](CO)OC(n2cc(C)c(=O)[nH]c2=O)[C@@H]1O[Si](C)(C)C(C)(C)C. The highest BCUT2D eigenvalue weighted by molar-refractivity contribution is 6.74. The predicted molar refractivity (Wildman–Crippen MR) is 103 cm³/mol. The van der Waals surface area contributed by atoms with Crippen LogP contribution in [0.1, 0.15) is 33.9 Å². The van der Waals surface area contributed by atoms with Gasteiger partial charge in [0, 0.05) is 11.8 Å². The Morgan fingerprint density at radius 3 is 2.67 bits per heavy atom. The van der Waals surface area contributed by atoms with Gasteiger partial charge in [-0.05, 0) is 25.1 Å². The van der Waals surface area contributed by atoms with E-state index in [-0.39, 0.29) is 10.6 Å². The largest absolute Gasteiger partial charge is 0.405 e. The fourth-order valence-electron chi connectivity index (χ4n) is 2.71. The van der Waals surface area contributed by atoms with Crippen LogP contribution in [0.5, 0.6) is 0 Å². The Hall–Kier alpha value is -1.70. The standard InChI is InChI=1S/C18H28N2O6Si/c1-8-18(24)12(10-21)25-15(13(18)26-27(6,7)17(3,4)5)20-9-11(2)14(22)19-16(20)23/h1,9,12-13,15,21,24H,10H2,2-7H3,(H,19,22,23)/t12-,13+,15?,18-/m1/s1/i1D. The van der Waals surface area contributed by atoms with E-state index in [9.17, 15) is 19.8 Å². The number of nitrogens with zero attached hydrogens (tertiary/aromatic N) is 1. The van der Waals surface area contributed by atoms with Gasteiger partial charge in [0.25, 0.3) is 5.56 Å². The number of aryl methyl sites for hydroxylation is 1. The van der Waals surface area contributed by atoms with Crippen molar-refractivity contribution in [3.63, 3.8) is 0 Å². The number of rotatable bonds is 4. The highest BCUT2D eigenvalue weighted by atomic mass is 28.4. The topological polar surface area (TPSA) is 114 Å². The van der Waals surface area contributed by atoms with E-state index in [0.29, 0.717) is 0 Å². The Bertz CT molecular complexity index is 910. The van der Waals surface area contributed by atoms with Gasteiger partial charge in [-0.3, -0.25) is 14.3 Å². The predicted octanol–water partition coefficient (Wildman–Crippen LogP) is 0.489. The molecule has 1 fully saturated rings. The molecular formula is C18H28N2O6Si. The number of ether oxygens (including phenoxy) is 1. The summed E-state index contributed by atoms with van der Waals surface area (Å²) >= 11 is 0. The maximum Gasteiger partial charge on any atom is 0.330 e. The molecule has 0 aromatic carbocycles. The number of aromatic nitrogens is 2. The van der Waals surface area contributed by atoms with E-state index in [0.717, 1.165) is 4.57 Å². The molecule has 9 heteroatoms. The van der Waals surface area contributed by atoms with Gasteiger partial charge < -0.3 is 19.4 Å². The summed E-state index contributed by atoms with van der Waals surface area (Å²) < 4.78 is 20.5. The zero-order chi connectivity index (χ0) is 21.5. The molecule has 150 valence electrons.